The van der Waals surface area contributed by atoms with Gasteiger partial charge < -0.3 is 20.5 Å². The molecule has 0 spiro atoms. The number of carbonyl (C=O) groups excluding carboxylic acids is 1. The summed E-state index contributed by atoms with van der Waals surface area (Å²) in [5.74, 6) is 0.429. The van der Waals surface area contributed by atoms with E-state index in [9.17, 15) is 4.79 Å². The minimum atomic E-state index is -0.0852. The highest BCUT2D eigenvalue weighted by Crippen LogP contribution is 2.23. The van der Waals surface area contributed by atoms with Gasteiger partial charge in [-0.3, -0.25) is 0 Å². The van der Waals surface area contributed by atoms with Crippen molar-refractivity contribution in [3.63, 3.8) is 0 Å². The number of amides is 2. The maximum Gasteiger partial charge on any atom is 0.315 e. The Morgan fingerprint density at radius 3 is 2.61 bits per heavy atom. The Morgan fingerprint density at radius 1 is 1.22 bits per heavy atom. The first-order valence-corrected chi connectivity index (χ1v) is 7.04. The number of hydrogen-bond donors (Lipinski definition) is 3. The van der Waals surface area contributed by atoms with Gasteiger partial charge in [0.05, 0.1) is 6.10 Å². The number of hydrogen-bond acceptors (Lipinski definition) is 3. The zero-order valence-corrected chi connectivity index (χ0v) is 10.9. The molecule has 18 heavy (non-hydrogen) atoms. The van der Waals surface area contributed by atoms with Gasteiger partial charge in [-0.2, -0.15) is 0 Å². The van der Waals surface area contributed by atoms with E-state index in [1.807, 2.05) is 0 Å². The maximum atomic E-state index is 11.7. The maximum absolute atomic E-state index is 11.7. The zero-order chi connectivity index (χ0) is 12.8. The molecule has 3 N–H and O–H groups in total. The predicted molar refractivity (Wildman–Crippen MR) is 68.3 cm³/mol. The normalized spacial score (nSPS) is 32.2. The second-order valence-corrected chi connectivity index (χ2v) is 5.39. The molecule has 1 saturated heterocycles. The Kier molecular flexibility index (Phi) is 5.26. The standard InChI is InChI=1S/C13H24N2O3/c16-9-10-3-5-11(6-4-10)15-13(17)14-8-12-2-1-7-18-12/h10-12,16H,1-9H2,(H2,14,15,17). The fourth-order valence-corrected chi connectivity index (χ4v) is 2.74. The van der Waals surface area contributed by atoms with Crippen LogP contribution in [0.25, 0.3) is 0 Å². The molecule has 1 aliphatic heterocycles. The van der Waals surface area contributed by atoms with Crippen molar-refractivity contribution in [3.05, 3.63) is 0 Å². The average molecular weight is 256 g/mol. The number of urea groups is 1. The predicted octanol–water partition coefficient (Wildman–Crippen LogP) is 1.02. The summed E-state index contributed by atoms with van der Waals surface area (Å²) >= 11 is 0. The van der Waals surface area contributed by atoms with Gasteiger partial charge in [0.25, 0.3) is 0 Å². The van der Waals surface area contributed by atoms with Crippen LogP contribution in [0.5, 0.6) is 0 Å². The molecular formula is C13H24N2O3. The lowest BCUT2D eigenvalue weighted by Crippen LogP contribution is -2.45. The van der Waals surface area contributed by atoms with Crippen LogP contribution in [-0.2, 0) is 4.74 Å². The Bertz CT molecular complexity index is 259. The number of carbonyl (C=O) groups is 1. The summed E-state index contributed by atoms with van der Waals surface area (Å²) < 4.78 is 5.45. The minimum Gasteiger partial charge on any atom is -0.396 e. The summed E-state index contributed by atoms with van der Waals surface area (Å²) in [7, 11) is 0. The highest BCUT2D eigenvalue weighted by molar-refractivity contribution is 5.74. The molecule has 1 aliphatic carbocycles. The largest absolute Gasteiger partial charge is 0.396 e. The van der Waals surface area contributed by atoms with Gasteiger partial charge in [-0.15, -0.1) is 0 Å². The molecule has 0 aromatic rings. The van der Waals surface area contributed by atoms with E-state index in [2.05, 4.69) is 10.6 Å². The summed E-state index contributed by atoms with van der Waals surface area (Å²) in [6.07, 6.45) is 6.29. The SMILES string of the molecule is O=C(NCC1CCCO1)NC1CCC(CO)CC1. The van der Waals surface area contributed by atoms with Crippen molar-refractivity contribution in [2.45, 2.75) is 50.7 Å². The summed E-state index contributed by atoms with van der Waals surface area (Å²) in [6.45, 7) is 1.70. The van der Waals surface area contributed by atoms with Crippen LogP contribution in [0.15, 0.2) is 0 Å². The van der Waals surface area contributed by atoms with Gasteiger partial charge in [-0.1, -0.05) is 0 Å². The second-order valence-electron chi connectivity index (χ2n) is 5.39. The fourth-order valence-electron chi connectivity index (χ4n) is 2.74. The molecule has 2 amide bonds. The highest BCUT2D eigenvalue weighted by atomic mass is 16.5. The molecule has 0 aromatic carbocycles. The zero-order valence-electron chi connectivity index (χ0n) is 10.9. The van der Waals surface area contributed by atoms with Crippen molar-refractivity contribution >= 4 is 6.03 Å². The molecule has 2 aliphatic rings. The summed E-state index contributed by atoms with van der Waals surface area (Å²) in [5.41, 5.74) is 0. The monoisotopic (exact) mass is 256 g/mol. The molecule has 0 radical (unpaired) electrons. The fraction of sp³-hybridized carbons (Fsp3) is 0.923. The van der Waals surface area contributed by atoms with Gasteiger partial charge >= 0.3 is 6.03 Å². The van der Waals surface area contributed by atoms with Crippen molar-refractivity contribution in [1.82, 2.24) is 10.6 Å². The molecule has 2 rings (SSSR count). The topological polar surface area (TPSA) is 70.6 Å². The lowest BCUT2D eigenvalue weighted by molar-refractivity contribution is 0.111. The van der Waals surface area contributed by atoms with Gasteiger partial charge in [0.2, 0.25) is 0 Å². The van der Waals surface area contributed by atoms with Crippen molar-refractivity contribution < 1.29 is 14.6 Å². The molecule has 5 heteroatoms. The van der Waals surface area contributed by atoms with Crippen LogP contribution in [0, 0.1) is 5.92 Å². The quantitative estimate of drug-likeness (QED) is 0.703. The van der Waals surface area contributed by atoms with Gasteiger partial charge in [0, 0.05) is 25.8 Å². The van der Waals surface area contributed by atoms with E-state index in [1.54, 1.807) is 0 Å². The number of aliphatic hydroxyl groups excluding tert-OH is 1. The van der Waals surface area contributed by atoms with E-state index in [0.717, 1.165) is 45.1 Å². The van der Waals surface area contributed by atoms with E-state index in [1.165, 1.54) is 0 Å². The Balaban J connectivity index is 1.59. The van der Waals surface area contributed by atoms with Crippen LogP contribution >= 0.6 is 0 Å². The molecular weight excluding hydrogens is 232 g/mol. The third-order valence-corrected chi connectivity index (χ3v) is 3.95. The number of aliphatic hydroxyl groups is 1. The van der Waals surface area contributed by atoms with Crippen LogP contribution in [0.3, 0.4) is 0 Å². The first-order valence-electron chi connectivity index (χ1n) is 7.04. The molecule has 1 heterocycles. The number of nitrogens with one attached hydrogen (secondary N) is 2. The van der Waals surface area contributed by atoms with E-state index in [4.69, 9.17) is 9.84 Å². The van der Waals surface area contributed by atoms with E-state index < -0.39 is 0 Å². The van der Waals surface area contributed by atoms with Crippen molar-refractivity contribution in [3.8, 4) is 0 Å². The molecule has 104 valence electrons. The molecule has 2 fully saturated rings. The van der Waals surface area contributed by atoms with E-state index >= 15 is 0 Å². The van der Waals surface area contributed by atoms with Gasteiger partial charge in [-0.25, -0.2) is 4.79 Å². The molecule has 1 saturated carbocycles. The van der Waals surface area contributed by atoms with Crippen LogP contribution in [0.4, 0.5) is 4.79 Å². The van der Waals surface area contributed by atoms with Crippen molar-refractivity contribution in [2.75, 3.05) is 19.8 Å². The average Bonchev–Trinajstić information content (AvgIpc) is 2.90. The lowest BCUT2D eigenvalue weighted by atomic mass is 9.87. The second kappa shape index (κ2) is 6.95. The number of ether oxygens (including phenoxy) is 1. The molecule has 0 bridgehead atoms. The smallest absolute Gasteiger partial charge is 0.315 e. The van der Waals surface area contributed by atoms with Crippen LogP contribution in [0.2, 0.25) is 0 Å². The molecule has 1 atom stereocenters. The lowest BCUT2D eigenvalue weighted by Gasteiger charge is -2.28. The molecule has 0 aromatic heterocycles. The summed E-state index contributed by atoms with van der Waals surface area (Å²) in [5, 5.41) is 14.9. The first-order chi connectivity index (χ1) is 8.78. The third-order valence-electron chi connectivity index (χ3n) is 3.95. The van der Waals surface area contributed by atoms with E-state index in [-0.39, 0.29) is 24.8 Å². The van der Waals surface area contributed by atoms with Gasteiger partial charge in [0.15, 0.2) is 0 Å². The Morgan fingerprint density at radius 2 is 2.00 bits per heavy atom. The first kappa shape index (κ1) is 13.6. The molecule has 5 nitrogen and oxygen atoms in total. The van der Waals surface area contributed by atoms with Crippen LogP contribution < -0.4 is 10.6 Å². The van der Waals surface area contributed by atoms with Crippen LogP contribution in [-0.4, -0.2) is 43.0 Å². The number of rotatable bonds is 4. The summed E-state index contributed by atoms with van der Waals surface area (Å²) in [4.78, 5) is 11.7. The van der Waals surface area contributed by atoms with Gasteiger partial charge in [0.1, 0.15) is 0 Å². The summed E-state index contributed by atoms with van der Waals surface area (Å²) in [6, 6.07) is 0.176. The minimum absolute atomic E-state index is 0.0852. The Labute approximate surface area is 108 Å². The van der Waals surface area contributed by atoms with Crippen molar-refractivity contribution in [1.29, 1.82) is 0 Å². The van der Waals surface area contributed by atoms with Crippen molar-refractivity contribution in [2.24, 2.45) is 5.92 Å². The third kappa shape index (κ3) is 4.14. The molecule has 1 unspecified atom stereocenters. The van der Waals surface area contributed by atoms with Crippen LogP contribution in [0.1, 0.15) is 38.5 Å². The highest BCUT2D eigenvalue weighted by Gasteiger charge is 2.22. The van der Waals surface area contributed by atoms with E-state index in [0.29, 0.717) is 12.5 Å². The Hall–Kier alpha value is -0.810. The van der Waals surface area contributed by atoms with Gasteiger partial charge in [-0.05, 0) is 44.4 Å².